The molecule has 0 aliphatic heterocycles. The normalized spacial score (nSPS) is 30.6. The van der Waals surface area contributed by atoms with E-state index in [1.165, 1.54) is 31.2 Å². The fraction of sp³-hybridized carbons (Fsp3) is 0.556. The van der Waals surface area contributed by atoms with Crippen LogP contribution in [-0.4, -0.2) is 40.7 Å². The second-order valence-electron chi connectivity index (χ2n) is 7.13. The van der Waals surface area contributed by atoms with E-state index in [0.29, 0.717) is 37.9 Å². The monoisotopic (exact) mass is 350 g/mol. The van der Waals surface area contributed by atoms with Gasteiger partial charge in [-0.15, -0.1) is 0 Å². The molecule has 25 heavy (non-hydrogen) atoms. The minimum Gasteiger partial charge on any atom is -0.484 e. The van der Waals surface area contributed by atoms with Gasteiger partial charge in [0.25, 0.3) is 5.91 Å². The van der Waals surface area contributed by atoms with Gasteiger partial charge >= 0.3 is 0 Å². The second kappa shape index (κ2) is 6.63. The highest BCUT2D eigenvalue weighted by Crippen LogP contribution is 2.47. The standard InChI is InChI=1S/C18H23FN2O4/c1-12(22)20-18-8-6-17(7-9-18,10-15(18)23)21-16(24)11-25-14-4-2-13(19)3-5-14/h2-5,15,23H,6-11H2,1H3,(H,20,22)(H,21,24)/t15-,17?,18?/m0/s1. The van der Waals surface area contributed by atoms with E-state index in [0.717, 1.165) is 0 Å². The van der Waals surface area contributed by atoms with Crippen LogP contribution in [0.1, 0.15) is 39.0 Å². The number of carbonyl (C=O) groups excluding carboxylic acids is 2. The smallest absolute Gasteiger partial charge is 0.258 e. The van der Waals surface area contributed by atoms with Gasteiger partial charge in [0.2, 0.25) is 5.91 Å². The predicted octanol–water partition coefficient (Wildman–Crippen LogP) is 1.27. The van der Waals surface area contributed by atoms with E-state index in [4.69, 9.17) is 4.74 Å². The topological polar surface area (TPSA) is 87.7 Å². The highest BCUT2D eigenvalue weighted by molar-refractivity contribution is 5.78. The van der Waals surface area contributed by atoms with Crippen LogP contribution in [0.5, 0.6) is 5.75 Å². The first-order valence-electron chi connectivity index (χ1n) is 8.49. The molecule has 0 aromatic heterocycles. The third-order valence-corrected chi connectivity index (χ3v) is 5.33. The number of hydrogen-bond donors (Lipinski definition) is 3. The molecule has 3 N–H and O–H groups in total. The zero-order valence-electron chi connectivity index (χ0n) is 14.2. The summed E-state index contributed by atoms with van der Waals surface area (Å²) in [6, 6.07) is 5.47. The summed E-state index contributed by atoms with van der Waals surface area (Å²) in [6.45, 7) is 1.28. The molecule has 1 atom stereocenters. The number of fused-ring (bicyclic) bond motifs is 3. The first-order valence-corrected chi connectivity index (χ1v) is 8.49. The summed E-state index contributed by atoms with van der Waals surface area (Å²) in [7, 11) is 0. The van der Waals surface area contributed by atoms with E-state index in [9.17, 15) is 19.1 Å². The number of hydrogen-bond acceptors (Lipinski definition) is 4. The third kappa shape index (κ3) is 3.76. The SMILES string of the molecule is CC(=O)NC12CCC(NC(=O)COc3ccc(F)cc3)(CC1)C[C@@H]2O. The summed E-state index contributed by atoms with van der Waals surface area (Å²) >= 11 is 0. The van der Waals surface area contributed by atoms with Gasteiger partial charge in [-0.2, -0.15) is 0 Å². The van der Waals surface area contributed by atoms with Gasteiger partial charge in [0.1, 0.15) is 11.6 Å². The largest absolute Gasteiger partial charge is 0.484 e. The van der Waals surface area contributed by atoms with Crippen molar-refractivity contribution < 1.29 is 23.8 Å². The van der Waals surface area contributed by atoms with Crippen molar-refractivity contribution in [3.8, 4) is 5.75 Å². The summed E-state index contributed by atoms with van der Waals surface area (Å²) in [5, 5.41) is 16.4. The molecule has 3 fully saturated rings. The zero-order valence-corrected chi connectivity index (χ0v) is 14.2. The summed E-state index contributed by atoms with van der Waals surface area (Å²) < 4.78 is 18.2. The maximum Gasteiger partial charge on any atom is 0.258 e. The maximum absolute atomic E-state index is 12.9. The lowest BCUT2D eigenvalue weighted by molar-refractivity contribution is -0.134. The first-order chi connectivity index (χ1) is 11.8. The molecular weight excluding hydrogens is 327 g/mol. The number of benzene rings is 1. The Bertz CT molecular complexity index is 654. The second-order valence-corrected chi connectivity index (χ2v) is 7.13. The number of halogens is 1. The van der Waals surface area contributed by atoms with Crippen LogP contribution in [-0.2, 0) is 9.59 Å². The first kappa shape index (κ1) is 17.7. The predicted molar refractivity (Wildman–Crippen MR) is 88.4 cm³/mol. The van der Waals surface area contributed by atoms with Crippen molar-refractivity contribution in [2.45, 2.75) is 56.2 Å². The number of nitrogens with one attached hydrogen (secondary N) is 2. The molecule has 0 radical (unpaired) electrons. The average Bonchev–Trinajstić information content (AvgIpc) is 2.55. The fourth-order valence-electron chi connectivity index (χ4n) is 4.02. The molecular formula is C18H23FN2O4. The van der Waals surface area contributed by atoms with Gasteiger partial charge in [0, 0.05) is 12.5 Å². The molecule has 3 aliphatic carbocycles. The van der Waals surface area contributed by atoms with Crippen molar-refractivity contribution in [3.63, 3.8) is 0 Å². The molecule has 4 rings (SSSR count). The molecule has 2 amide bonds. The van der Waals surface area contributed by atoms with Crippen molar-refractivity contribution in [3.05, 3.63) is 30.1 Å². The lowest BCUT2D eigenvalue weighted by Crippen LogP contribution is -2.70. The van der Waals surface area contributed by atoms with Gasteiger partial charge in [0.05, 0.1) is 11.6 Å². The van der Waals surface area contributed by atoms with Crippen molar-refractivity contribution in [1.29, 1.82) is 0 Å². The highest BCUT2D eigenvalue weighted by Gasteiger charge is 2.55. The van der Waals surface area contributed by atoms with Crippen LogP contribution >= 0.6 is 0 Å². The van der Waals surface area contributed by atoms with E-state index < -0.39 is 17.2 Å². The van der Waals surface area contributed by atoms with Crippen LogP contribution in [0.25, 0.3) is 0 Å². The van der Waals surface area contributed by atoms with E-state index in [-0.39, 0.29) is 24.2 Å². The Morgan fingerprint density at radius 3 is 2.40 bits per heavy atom. The van der Waals surface area contributed by atoms with Crippen molar-refractivity contribution in [2.24, 2.45) is 0 Å². The summed E-state index contributed by atoms with van der Waals surface area (Å²) in [5.41, 5.74) is -1.02. The van der Waals surface area contributed by atoms with E-state index >= 15 is 0 Å². The van der Waals surface area contributed by atoms with Crippen LogP contribution in [0.3, 0.4) is 0 Å². The van der Waals surface area contributed by atoms with Crippen molar-refractivity contribution in [1.82, 2.24) is 10.6 Å². The molecule has 7 heteroatoms. The molecule has 0 saturated heterocycles. The van der Waals surface area contributed by atoms with Crippen LogP contribution < -0.4 is 15.4 Å². The minimum absolute atomic E-state index is 0.148. The summed E-state index contributed by atoms with van der Waals surface area (Å²) in [4.78, 5) is 23.6. The zero-order chi connectivity index (χ0) is 18.1. The van der Waals surface area contributed by atoms with Crippen molar-refractivity contribution >= 4 is 11.8 Å². The molecule has 0 unspecified atom stereocenters. The Morgan fingerprint density at radius 1 is 1.20 bits per heavy atom. The van der Waals surface area contributed by atoms with Gasteiger partial charge in [-0.3, -0.25) is 9.59 Å². The maximum atomic E-state index is 12.9. The number of amides is 2. The molecule has 0 heterocycles. The lowest BCUT2D eigenvalue weighted by Gasteiger charge is -2.56. The van der Waals surface area contributed by atoms with Crippen LogP contribution in [0.2, 0.25) is 0 Å². The number of aliphatic hydroxyl groups excluding tert-OH is 1. The van der Waals surface area contributed by atoms with E-state index in [1.807, 2.05) is 0 Å². The van der Waals surface area contributed by atoms with Crippen molar-refractivity contribution in [2.75, 3.05) is 6.61 Å². The average molecular weight is 350 g/mol. The van der Waals surface area contributed by atoms with Gasteiger partial charge in [-0.05, 0) is 56.4 Å². The minimum atomic E-state index is -0.683. The van der Waals surface area contributed by atoms with E-state index in [1.54, 1.807) is 0 Å². The molecule has 136 valence electrons. The molecule has 3 saturated carbocycles. The Balaban J connectivity index is 1.55. The number of rotatable bonds is 5. The number of aliphatic hydroxyl groups is 1. The Morgan fingerprint density at radius 2 is 1.84 bits per heavy atom. The Hall–Kier alpha value is -2.15. The lowest BCUT2D eigenvalue weighted by atomic mass is 9.60. The molecule has 1 aromatic rings. The van der Waals surface area contributed by atoms with Gasteiger partial charge in [-0.25, -0.2) is 4.39 Å². The van der Waals surface area contributed by atoms with Crippen LogP contribution in [0.15, 0.2) is 24.3 Å². The molecule has 6 nitrogen and oxygen atoms in total. The highest BCUT2D eigenvalue weighted by atomic mass is 19.1. The van der Waals surface area contributed by atoms with Gasteiger partial charge in [0.15, 0.2) is 6.61 Å². The quantitative estimate of drug-likeness (QED) is 0.746. The fourth-order valence-corrected chi connectivity index (χ4v) is 4.02. The molecule has 0 spiro atoms. The van der Waals surface area contributed by atoms with Gasteiger partial charge < -0.3 is 20.5 Å². The Kier molecular flexibility index (Phi) is 4.69. The molecule has 1 aromatic carbocycles. The molecule has 2 bridgehead atoms. The number of ether oxygens (including phenoxy) is 1. The third-order valence-electron chi connectivity index (χ3n) is 5.33. The number of carbonyl (C=O) groups is 2. The van der Waals surface area contributed by atoms with Gasteiger partial charge in [-0.1, -0.05) is 0 Å². The molecule has 3 aliphatic rings. The summed E-state index contributed by atoms with van der Waals surface area (Å²) in [6.07, 6.45) is 2.39. The van der Waals surface area contributed by atoms with Crippen LogP contribution in [0.4, 0.5) is 4.39 Å². The van der Waals surface area contributed by atoms with Crippen LogP contribution in [0, 0.1) is 5.82 Å². The van der Waals surface area contributed by atoms with E-state index in [2.05, 4.69) is 10.6 Å². The summed E-state index contributed by atoms with van der Waals surface area (Å²) in [5.74, 6) is -0.363. The Labute approximate surface area is 145 Å².